The number of halogens is 2. The minimum Gasteiger partial charge on any atom is -0.435 e. The number of rotatable bonds is 6. The third-order valence-corrected chi connectivity index (χ3v) is 2.06. The zero-order valence-corrected chi connectivity index (χ0v) is 10.0. The Labute approximate surface area is 100.0 Å². The summed E-state index contributed by atoms with van der Waals surface area (Å²) in [6.45, 7) is 2.41. The smallest absolute Gasteiger partial charge is 0.387 e. The summed E-state index contributed by atoms with van der Waals surface area (Å²) in [6.07, 6.45) is 0. The quantitative estimate of drug-likeness (QED) is 0.805. The van der Waals surface area contributed by atoms with E-state index >= 15 is 0 Å². The lowest BCUT2D eigenvalue weighted by molar-refractivity contribution is -0.0498. The van der Waals surface area contributed by atoms with Crippen LogP contribution < -0.4 is 15.8 Å². The number of ether oxygens (including phenoxy) is 1. The SMILES string of the molecule is CC(C)(N)CNCc1ccc(OC(F)F)cc1. The zero-order chi connectivity index (χ0) is 12.9. The van der Waals surface area contributed by atoms with Gasteiger partial charge in [-0.1, -0.05) is 12.1 Å². The first-order valence-electron chi connectivity index (χ1n) is 5.40. The van der Waals surface area contributed by atoms with Crippen molar-refractivity contribution in [3.63, 3.8) is 0 Å². The molecule has 1 rings (SSSR count). The van der Waals surface area contributed by atoms with Crippen LogP contribution in [-0.2, 0) is 6.54 Å². The molecule has 0 bridgehead atoms. The van der Waals surface area contributed by atoms with Gasteiger partial charge in [0.2, 0.25) is 0 Å². The lowest BCUT2D eigenvalue weighted by Gasteiger charge is -2.19. The number of hydrogen-bond acceptors (Lipinski definition) is 3. The second kappa shape index (κ2) is 5.93. The number of nitrogens with one attached hydrogen (secondary N) is 1. The van der Waals surface area contributed by atoms with Crippen molar-refractivity contribution in [2.45, 2.75) is 32.5 Å². The molecule has 0 heterocycles. The van der Waals surface area contributed by atoms with Gasteiger partial charge in [-0.05, 0) is 31.5 Å². The van der Waals surface area contributed by atoms with E-state index in [1.165, 1.54) is 12.1 Å². The van der Waals surface area contributed by atoms with Crippen LogP contribution in [0.25, 0.3) is 0 Å². The molecule has 0 radical (unpaired) electrons. The van der Waals surface area contributed by atoms with Gasteiger partial charge in [-0.15, -0.1) is 0 Å². The summed E-state index contributed by atoms with van der Waals surface area (Å²) in [7, 11) is 0. The van der Waals surface area contributed by atoms with Gasteiger partial charge in [0.25, 0.3) is 0 Å². The number of alkyl halides is 2. The molecule has 3 N–H and O–H groups in total. The molecule has 0 aromatic heterocycles. The molecule has 5 heteroatoms. The maximum absolute atomic E-state index is 11.9. The molecule has 0 amide bonds. The Morgan fingerprint density at radius 3 is 2.35 bits per heavy atom. The Morgan fingerprint density at radius 2 is 1.88 bits per heavy atom. The van der Waals surface area contributed by atoms with Crippen LogP contribution >= 0.6 is 0 Å². The Bertz CT molecular complexity index is 333. The van der Waals surface area contributed by atoms with Crippen molar-refractivity contribution < 1.29 is 13.5 Å². The topological polar surface area (TPSA) is 47.3 Å². The van der Waals surface area contributed by atoms with Gasteiger partial charge in [0, 0.05) is 18.6 Å². The van der Waals surface area contributed by atoms with Gasteiger partial charge in [0.15, 0.2) is 0 Å². The summed E-state index contributed by atoms with van der Waals surface area (Å²) < 4.78 is 28.1. The Morgan fingerprint density at radius 1 is 1.29 bits per heavy atom. The van der Waals surface area contributed by atoms with E-state index in [0.29, 0.717) is 13.1 Å². The molecule has 1 aromatic carbocycles. The van der Waals surface area contributed by atoms with Crippen LogP contribution in [0, 0.1) is 0 Å². The Balaban J connectivity index is 2.40. The molecule has 0 aliphatic heterocycles. The van der Waals surface area contributed by atoms with E-state index in [1.54, 1.807) is 12.1 Å². The van der Waals surface area contributed by atoms with E-state index in [4.69, 9.17) is 5.73 Å². The molecule has 0 spiro atoms. The molecule has 0 saturated carbocycles. The maximum atomic E-state index is 11.9. The second-order valence-corrected chi connectivity index (χ2v) is 4.61. The zero-order valence-electron chi connectivity index (χ0n) is 10.0. The van der Waals surface area contributed by atoms with E-state index in [1.807, 2.05) is 13.8 Å². The first-order chi connectivity index (χ1) is 7.87. The fraction of sp³-hybridized carbons (Fsp3) is 0.500. The number of hydrogen-bond donors (Lipinski definition) is 2. The lowest BCUT2D eigenvalue weighted by atomic mass is 10.1. The second-order valence-electron chi connectivity index (χ2n) is 4.61. The summed E-state index contributed by atoms with van der Waals surface area (Å²) in [5.74, 6) is 0.169. The van der Waals surface area contributed by atoms with Crippen LogP contribution in [0.5, 0.6) is 5.75 Å². The van der Waals surface area contributed by atoms with Gasteiger partial charge in [0.05, 0.1) is 0 Å². The predicted molar refractivity (Wildman–Crippen MR) is 63.0 cm³/mol. The molecule has 0 aliphatic rings. The fourth-order valence-electron chi connectivity index (χ4n) is 1.32. The summed E-state index contributed by atoms with van der Waals surface area (Å²) in [5, 5.41) is 3.19. The molecule has 0 atom stereocenters. The van der Waals surface area contributed by atoms with Gasteiger partial charge in [-0.2, -0.15) is 8.78 Å². The molecule has 1 aromatic rings. The molecule has 3 nitrogen and oxygen atoms in total. The summed E-state index contributed by atoms with van der Waals surface area (Å²) in [4.78, 5) is 0. The average molecular weight is 244 g/mol. The highest BCUT2D eigenvalue weighted by Gasteiger charge is 2.09. The minimum atomic E-state index is -2.78. The van der Waals surface area contributed by atoms with E-state index in [-0.39, 0.29) is 11.3 Å². The minimum absolute atomic E-state index is 0.169. The molecule has 17 heavy (non-hydrogen) atoms. The van der Waals surface area contributed by atoms with E-state index in [9.17, 15) is 8.78 Å². The normalized spacial score (nSPS) is 11.9. The van der Waals surface area contributed by atoms with Gasteiger partial charge in [-0.25, -0.2) is 0 Å². The van der Waals surface area contributed by atoms with Gasteiger partial charge in [0.1, 0.15) is 5.75 Å². The van der Waals surface area contributed by atoms with Crippen molar-refractivity contribution in [1.29, 1.82) is 0 Å². The van der Waals surface area contributed by atoms with Crippen molar-refractivity contribution in [3.8, 4) is 5.75 Å². The van der Waals surface area contributed by atoms with Crippen LogP contribution in [0.4, 0.5) is 8.78 Å². The van der Waals surface area contributed by atoms with Crippen molar-refractivity contribution in [3.05, 3.63) is 29.8 Å². The average Bonchev–Trinajstić information content (AvgIpc) is 2.18. The largest absolute Gasteiger partial charge is 0.435 e. The third kappa shape index (κ3) is 6.19. The first kappa shape index (κ1) is 13.9. The molecular formula is C12H18F2N2O. The highest BCUT2D eigenvalue weighted by Crippen LogP contribution is 2.14. The summed E-state index contributed by atoms with van der Waals surface area (Å²) in [6, 6.07) is 6.54. The third-order valence-electron chi connectivity index (χ3n) is 2.06. The molecule has 96 valence electrons. The molecule has 0 saturated heterocycles. The van der Waals surface area contributed by atoms with E-state index in [0.717, 1.165) is 5.56 Å². The predicted octanol–water partition coefficient (Wildman–Crippen LogP) is 2.11. The van der Waals surface area contributed by atoms with Crippen LogP contribution in [0.15, 0.2) is 24.3 Å². The van der Waals surface area contributed by atoms with Crippen molar-refractivity contribution in [1.82, 2.24) is 5.32 Å². The van der Waals surface area contributed by atoms with E-state index < -0.39 is 6.61 Å². The fourth-order valence-corrected chi connectivity index (χ4v) is 1.32. The van der Waals surface area contributed by atoms with Gasteiger partial charge >= 0.3 is 6.61 Å². The van der Waals surface area contributed by atoms with Crippen LogP contribution in [0.2, 0.25) is 0 Å². The molecule has 0 aliphatic carbocycles. The lowest BCUT2D eigenvalue weighted by Crippen LogP contribution is -2.42. The summed E-state index contributed by atoms with van der Waals surface area (Å²) >= 11 is 0. The van der Waals surface area contributed by atoms with Crippen molar-refractivity contribution in [2.75, 3.05) is 6.54 Å². The number of benzene rings is 1. The van der Waals surface area contributed by atoms with Crippen LogP contribution in [-0.4, -0.2) is 18.7 Å². The van der Waals surface area contributed by atoms with Crippen LogP contribution in [0.3, 0.4) is 0 Å². The highest BCUT2D eigenvalue weighted by molar-refractivity contribution is 5.27. The van der Waals surface area contributed by atoms with Gasteiger partial charge < -0.3 is 15.8 Å². The van der Waals surface area contributed by atoms with Gasteiger partial charge in [-0.3, -0.25) is 0 Å². The first-order valence-corrected chi connectivity index (χ1v) is 5.40. The van der Waals surface area contributed by atoms with E-state index in [2.05, 4.69) is 10.1 Å². The van der Waals surface area contributed by atoms with Crippen molar-refractivity contribution in [2.24, 2.45) is 5.73 Å². The molecule has 0 fully saturated rings. The van der Waals surface area contributed by atoms with Crippen molar-refractivity contribution >= 4 is 0 Å². The van der Waals surface area contributed by atoms with Crippen LogP contribution in [0.1, 0.15) is 19.4 Å². The standard InChI is InChI=1S/C12H18F2N2O/c1-12(2,15)8-16-7-9-3-5-10(6-4-9)17-11(13)14/h3-6,11,16H,7-8,15H2,1-2H3. The molecule has 0 unspecified atom stereocenters. The molecular weight excluding hydrogens is 226 g/mol. The Hall–Kier alpha value is -1.20. The monoisotopic (exact) mass is 244 g/mol. The summed E-state index contributed by atoms with van der Waals surface area (Å²) in [5.41, 5.74) is 6.54. The maximum Gasteiger partial charge on any atom is 0.387 e. The number of nitrogens with two attached hydrogens (primary N) is 1. The highest BCUT2D eigenvalue weighted by atomic mass is 19.3. The Kier molecular flexibility index (Phi) is 4.84.